The number of pyridine rings is 1. The van der Waals surface area contributed by atoms with Gasteiger partial charge in [0.15, 0.2) is 0 Å². The fraction of sp³-hybridized carbons (Fsp3) is 0.333. The van der Waals surface area contributed by atoms with Gasteiger partial charge in [-0.15, -0.1) is 0 Å². The highest BCUT2D eigenvalue weighted by molar-refractivity contribution is 5.93. The summed E-state index contributed by atoms with van der Waals surface area (Å²) in [6.45, 7) is 3.52. The molecule has 122 valence electrons. The number of anilines is 2. The summed E-state index contributed by atoms with van der Waals surface area (Å²) in [4.78, 5) is 18.3. The predicted octanol–water partition coefficient (Wildman–Crippen LogP) is 2.68. The molecule has 23 heavy (non-hydrogen) atoms. The van der Waals surface area contributed by atoms with Crippen molar-refractivity contribution in [3.63, 3.8) is 0 Å². The van der Waals surface area contributed by atoms with Crippen molar-refractivity contribution in [2.75, 3.05) is 32.5 Å². The van der Waals surface area contributed by atoms with Crippen LogP contribution in [0.25, 0.3) is 0 Å². The molecule has 2 N–H and O–H groups in total. The van der Waals surface area contributed by atoms with Crippen LogP contribution in [0.5, 0.6) is 0 Å². The van der Waals surface area contributed by atoms with E-state index in [1.807, 2.05) is 43.3 Å². The van der Waals surface area contributed by atoms with Crippen LogP contribution in [0.2, 0.25) is 0 Å². The number of aromatic nitrogens is 1. The third-order valence-corrected chi connectivity index (χ3v) is 3.51. The number of aryl methyl sites for hydroxylation is 1. The Morgan fingerprint density at radius 3 is 2.74 bits per heavy atom. The van der Waals surface area contributed by atoms with Gasteiger partial charge in [0.25, 0.3) is 5.91 Å². The van der Waals surface area contributed by atoms with Crippen molar-refractivity contribution >= 4 is 17.3 Å². The number of amides is 1. The fourth-order valence-corrected chi connectivity index (χ4v) is 2.22. The highest BCUT2D eigenvalue weighted by atomic mass is 16.1. The number of carbonyl (C=O) groups excluding carboxylic acids is 1. The summed E-state index contributed by atoms with van der Waals surface area (Å²) in [7, 11) is 3.94. The number of nitrogens with one attached hydrogen (secondary N) is 2. The van der Waals surface area contributed by atoms with Crippen molar-refractivity contribution in [1.29, 1.82) is 0 Å². The van der Waals surface area contributed by atoms with E-state index in [-0.39, 0.29) is 5.91 Å². The van der Waals surface area contributed by atoms with E-state index in [4.69, 9.17) is 0 Å². The maximum Gasteiger partial charge on any atom is 0.269 e. The smallest absolute Gasteiger partial charge is 0.269 e. The average Bonchev–Trinajstić information content (AvgIpc) is 2.55. The fourth-order valence-electron chi connectivity index (χ4n) is 2.22. The standard InChI is InChI=1S/C18H24N4O/c1-4-14-7-5-6-8-16(14)21-15-9-10-19-17(13-15)18(23)20-11-12-22(2)3/h5-10,13H,4,11-12H2,1-3H3,(H,19,21)(H,20,23). The molecule has 0 saturated heterocycles. The monoisotopic (exact) mass is 312 g/mol. The summed E-state index contributed by atoms with van der Waals surface area (Å²) in [5, 5.41) is 6.24. The highest BCUT2D eigenvalue weighted by Gasteiger charge is 2.08. The third kappa shape index (κ3) is 5.07. The molecule has 0 bridgehead atoms. The van der Waals surface area contributed by atoms with Crippen LogP contribution in [-0.4, -0.2) is 43.0 Å². The Morgan fingerprint density at radius 2 is 2.00 bits per heavy atom. The predicted molar refractivity (Wildman–Crippen MR) is 94.2 cm³/mol. The van der Waals surface area contributed by atoms with Gasteiger partial charge in [-0.3, -0.25) is 9.78 Å². The SMILES string of the molecule is CCc1ccccc1Nc1ccnc(C(=O)NCCN(C)C)c1. The van der Waals surface area contributed by atoms with Gasteiger partial charge in [0.2, 0.25) is 0 Å². The Balaban J connectivity index is 2.06. The number of nitrogens with zero attached hydrogens (tertiary/aromatic N) is 2. The third-order valence-electron chi connectivity index (χ3n) is 3.51. The zero-order valence-electron chi connectivity index (χ0n) is 14.0. The molecule has 0 aliphatic carbocycles. The largest absolute Gasteiger partial charge is 0.355 e. The second kappa shape index (κ2) is 8.29. The van der Waals surface area contributed by atoms with E-state index in [2.05, 4.69) is 28.6 Å². The number of para-hydroxylation sites is 1. The van der Waals surface area contributed by atoms with Crippen LogP contribution in [0.15, 0.2) is 42.6 Å². The van der Waals surface area contributed by atoms with Gasteiger partial charge in [-0.25, -0.2) is 0 Å². The van der Waals surface area contributed by atoms with E-state index in [0.29, 0.717) is 12.2 Å². The Hall–Kier alpha value is -2.40. The lowest BCUT2D eigenvalue weighted by Crippen LogP contribution is -2.31. The first-order valence-corrected chi connectivity index (χ1v) is 7.84. The molecule has 5 heteroatoms. The van der Waals surface area contributed by atoms with Crippen molar-refractivity contribution in [3.8, 4) is 0 Å². The normalized spacial score (nSPS) is 10.6. The van der Waals surface area contributed by atoms with Gasteiger partial charge in [-0.1, -0.05) is 25.1 Å². The molecule has 5 nitrogen and oxygen atoms in total. The van der Waals surface area contributed by atoms with E-state index < -0.39 is 0 Å². The lowest BCUT2D eigenvalue weighted by atomic mass is 10.1. The van der Waals surface area contributed by atoms with Crippen molar-refractivity contribution in [1.82, 2.24) is 15.2 Å². The van der Waals surface area contributed by atoms with Crippen LogP contribution < -0.4 is 10.6 Å². The van der Waals surface area contributed by atoms with E-state index in [1.165, 1.54) is 5.56 Å². The van der Waals surface area contributed by atoms with Gasteiger partial charge >= 0.3 is 0 Å². The van der Waals surface area contributed by atoms with Crippen molar-refractivity contribution in [3.05, 3.63) is 53.9 Å². The van der Waals surface area contributed by atoms with E-state index >= 15 is 0 Å². The van der Waals surface area contributed by atoms with E-state index in [0.717, 1.165) is 24.3 Å². The number of benzene rings is 1. The summed E-state index contributed by atoms with van der Waals surface area (Å²) in [5.41, 5.74) is 3.57. The van der Waals surface area contributed by atoms with Crippen molar-refractivity contribution in [2.45, 2.75) is 13.3 Å². The molecule has 2 aromatic rings. The molecule has 0 aliphatic heterocycles. The quantitative estimate of drug-likeness (QED) is 0.825. The minimum Gasteiger partial charge on any atom is -0.355 e. The molecular weight excluding hydrogens is 288 g/mol. The molecule has 0 radical (unpaired) electrons. The average molecular weight is 312 g/mol. The molecule has 2 rings (SSSR count). The van der Waals surface area contributed by atoms with Crippen LogP contribution in [0.4, 0.5) is 11.4 Å². The van der Waals surface area contributed by atoms with Crippen LogP contribution in [0, 0.1) is 0 Å². The topological polar surface area (TPSA) is 57.3 Å². The molecule has 0 spiro atoms. The highest BCUT2D eigenvalue weighted by Crippen LogP contribution is 2.21. The van der Waals surface area contributed by atoms with Crippen LogP contribution in [0.3, 0.4) is 0 Å². The summed E-state index contributed by atoms with van der Waals surface area (Å²) < 4.78 is 0. The molecule has 0 saturated carbocycles. The van der Waals surface area contributed by atoms with Gasteiger partial charge in [-0.2, -0.15) is 0 Å². The zero-order valence-corrected chi connectivity index (χ0v) is 14.0. The van der Waals surface area contributed by atoms with Gasteiger partial charge in [0.05, 0.1) is 0 Å². The first kappa shape index (κ1) is 17.0. The molecule has 0 fully saturated rings. The molecule has 0 unspecified atom stereocenters. The van der Waals surface area contributed by atoms with Crippen LogP contribution in [0.1, 0.15) is 23.0 Å². The maximum atomic E-state index is 12.1. The zero-order chi connectivity index (χ0) is 16.7. The maximum absolute atomic E-state index is 12.1. The lowest BCUT2D eigenvalue weighted by Gasteiger charge is -2.12. The Morgan fingerprint density at radius 1 is 1.22 bits per heavy atom. The molecule has 1 aromatic carbocycles. The lowest BCUT2D eigenvalue weighted by molar-refractivity contribution is 0.0946. The van der Waals surface area contributed by atoms with Crippen molar-refractivity contribution < 1.29 is 4.79 Å². The first-order valence-electron chi connectivity index (χ1n) is 7.84. The van der Waals surface area contributed by atoms with E-state index in [1.54, 1.807) is 12.3 Å². The second-order valence-electron chi connectivity index (χ2n) is 5.62. The summed E-state index contributed by atoms with van der Waals surface area (Å²) in [5.74, 6) is -0.153. The molecular formula is C18H24N4O. The Bertz CT molecular complexity index is 655. The Labute approximate surface area is 137 Å². The number of likely N-dealkylation sites (N-methyl/N-ethyl adjacent to an activating group) is 1. The molecule has 1 aromatic heterocycles. The van der Waals surface area contributed by atoms with E-state index in [9.17, 15) is 4.79 Å². The minimum absolute atomic E-state index is 0.153. The summed E-state index contributed by atoms with van der Waals surface area (Å²) >= 11 is 0. The summed E-state index contributed by atoms with van der Waals surface area (Å²) in [6.07, 6.45) is 2.60. The van der Waals surface area contributed by atoms with Gasteiger partial charge in [0, 0.05) is 30.7 Å². The van der Waals surface area contributed by atoms with Gasteiger partial charge in [-0.05, 0) is 44.3 Å². The first-order chi connectivity index (χ1) is 11.1. The molecule has 0 aliphatic rings. The van der Waals surface area contributed by atoms with Gasteiger partial charge in [0.1, 0.15) is 5.69 Å². The molecule has 1 amide bonds. The summed E-state index contributed by atoms with van der Waals surface area (Å²) in [6, 6.07) is 11.8. The van der Waals surface area contributed by atoms with Crippen LogP contribution >= 0.6 is 0 Å². The number of rotatable bonds is 7. The second-order valence-corrected chi connectivity index (χ2v) is 5.62. The number of carbonyl (C=O) groups is 1. The molecule has 0 atom stereocenters. The Kier molecular flexibility index (Phi) is 6.11. The van der Waals surface area contributed by atoms with Gasteiger partial charge < -0.3 is 15.5 Å². The molecule has 1 heterocycles. The number of hydrogen-bond acceptors (Lipinski definition) is 4. The van der Waals surface area contributed by atoms with Crippen LogP contribution in [-0.2, 0) is 6.42 Å². The minimum atomic E-state index is -0.153. The number of hydrogen-bond donors (Lipinski definition) is 2. The van der Waals surface area contributed by atoms with Crippen molar-refractivity contribution in [2.24, 2.45) is 0 Å².